The number of hydrogen-bond donors (Lipinski definition) is 5. The Balaban J connectivity index is 2.52. The number of ether oxygens (including phenoxy) is 3. The Morgan fingerprint density at radius 3 is 2.17 bits per heavy atom. The van der Waals surface area contributed by atoms with Gasteiger partial charge in [-0.25, -0.2) is 0 Å². The highest BCUT2D eigenvalue weighted by Crippen LogP contribution is 2.36. The van der Waals surface area contributed by atoms with Crippen molar-refractivity contribution in [3.8, 4) is 0 Å². The van der Waals surface area contributed by atoms with Crippen LogP contribution in [0.4, 0.5) is 0 Å². The molecule has 0 saturated carbocycles. The van der Waals surface area contributed by atoms with E-state index in [0.29, 0.717) is 13.0 Å². The van der Waals surface area contributed by atoms with E-state index in [4.69, 9.17) is 14.2 Å². The van der Waals surface area contributed by atoms with Gasteiger partial charge in [0.25, 0.3) is 0 Å². The summed E-state index contributed by atoms with van der Waals surface area (Å²) in [5.41, 5.74) is -3.25. The molecule has 2 fully saturated rings. The normalized spacial score (nSPS) is 48.4. The minimum atomic E-state index is -1.75. The highest BCUT2D eigenvalue weighted by molar-refractivity contribution is 5.73. The monoisotopic (exact) mass is 590 g/mol. The SMILES string of the molecule is CCC1OC(=O)[C@H](C)[C@H](O)[C@H](C)[C@@H](O[C@@H]2O[C@H](C)C[C@H](N(C)C)[C@H]2O)[C@](C)(O)C[C@@H](C)CN(C)[C@H](C)[C@@H](O)[C@]1(C)O. The molecule has 0 aromatic carbocycles. The van der Waals surface area contributed by atoms with Gasteiger partial charge in [-0.3, -0.25) is 4.79 Å². The van der Waals surface area contributed by atoms with Crippen LogP contribution in [0.3, 0.4) is 0 Å². The van der Waals surface area contributed by atoms with E-state index >= 15 is 0 Å². The molecule has 0 amide bonds. The number of hydrogen-bond acceptors (Lipinski definition) is 11. The van der Waals surface area contributed by atoms with Crippen LogP contribution in [0.25, 0.3) is 0 Å². The van der Waals surface area contributed by atoms with E-state index in [2.05, 4.69) is 0 Å². The second-order valence-corrected chi connectivity index (χ2v) is 13.6. The van der Waals surface area contributed by atoms with Crippen molar-refractivity contribution in [2.24, 2.45) is 17.8 Å². The molecule has 2 aliphatic rings. The molecule has 0 radical (unpaired) electrons. The minimum Gasteiger partial charge on any atom is -0.459 e. The van der Waals surface area contributed by atoms with Gasteiger partial charge in [-0.05, 0) is 80.9 Å². The zero-order valence-corrected chi connectivity index (χ0v) is 27.0. The summed E-state index contributed by atoms with van der Waals surface area (Å²) in [6, 6.07) is -0.733. The first-order valence-electron chi connectivity index (χ1n) is 15.1. The predicted octanol–water partition coefficient (Wildman–Crippen LogP) is 0.976. The van der Waals surface area contributed by atoms with Crippen LogP contribution in [0, 0.1) is 17.8 Å². The quantitative estimate of drug-likeness (QED) is 0.298. The molecule has 11 nitrogen and oxygen atoms in total. The average molecular weight is 591 g/mol. The molecular weight excluding hydrogens is 532 g/mol. The first kappa shape index (κ1) is 36.3. The van der Waals surface area contributed by atoms with Crippen molar-refractivity contribution in [3.05, 3.63) is 0 Å². The van der Waals surface area contributed by atoms with E-state index < -0.39 is 71.9 Å². The summed E-state index contributed by atoms with van der Waals surface area (Å²) < 4.78 is 18.1. The lowest BCUT2D eigenvalue weighted by Gasteiger charge is -2.46. The van der Waals surface area contributed by atoms with Gasteiger partial charge in [0.15, 0.2) is 6.29 Å². The summed E-state index contributed by atoms with van der Waals surface area (Å²) in [5.74, 6) is -2.65. The summed E-state index contributed by atoms with van der Waals surface area (Å²) in [6.45, 7) is 14.2. The summed E-state index contributed by atoms with van der Waals surface area (Å²) in [7, 11) is 5.58. The van der Waals surface area contributed by atoms with Gasteiger partial charge in [0.1, 0.15) is 23.9 Å². The van der Waals surface area contributed by atoms with Crippen molar-refractivity contribution < 1.29 is 44.5 Å². The molecule has 0 bridgehead atoms. The maximum absolute atomic E-state index is 13.3. The second-order valence-electron chi connectivity index (χ2n) is 13.6. The molecule has 2 saturated heterocycles. The molecule has 2 rings (SSSR count). The van der Waals surface area contributed by atoms with Crippen molar-refractivity contribution in [2.45, 2.75) is 141 Å². The molecule has 14 atom stereocenters. The lowest BCUT2D eigenvalue weighted by molar-refractivity contribution is -0.299. The van der Waals surface area contributed by atoms with Gasteiger partial charge < -0.3 is 49.5 Å². The zero-order chi connectivity index (χ0) is 31.6. The number of nitrogens with zero attached hydrogens (tertiary/aromatic N) is 2. The Kier molecular flexibility index (Phi) is 12.6. The molecule has 0 aromatic rings. The van der Waals surface area contributed by atoms with Crippen molar-refractivity contribution in [2.75, 3.05) is 27.7 Å². The average Bonchev–Trinajstić information content (AvgIpc) is 2.87. The molecule has 11 heteroatoms. The second kappa shape index (κ2) is 14.3. The van der Waals surface area contributed by atoms with Gasteiger partial charge >= 0.3 is 5.97 Å². The molecule has 2 aliphatic heterocycles. The molecule has 1 unspecified atom stereocenters. The smallest absolute Gasteiger partial charge is 0.311 e. The number of carbonyl (C=O) groups is 1. The number of cyclic esters (lactones) is 1. The third kappa shape index (κ3) is 8.39. The number of rotatable bonds is 4. The first-order chi connectivity index (χ1) is 18.8. The topological polar surface area (TPSA) is 152 Å². The van der Waals surface area contributed by atoms with Crippen LogP contribution in [-0.2, 0) is 19.0 Å². The lowest BCUT2D eigenvalue weighted by Crippen LogP contribution is -2.59. The maximum Gasteiger partial charge on any atom is 0.311 e. The summed E-state index contributed by atoms with van der Waals surface area (Å²) in [5, 5.41) is 57.0. The van der Waals surface area contributed by atoms with E-state index in [1.165, 1.54) is 13.8 Å². The summed E-state index contributed by atoms with van der Waals surface area (Å²) in [4.78, 5) is 17.1. The fraction of sp³-hybridized carbons (Fsp3) is 0.967. The maximum atomic E-state index is 13.3. The third-order valence-corrected chi connectivity index (χ3v) is 9.46. The van der Waals surface area contributed by atoms with Crippen molar-refractivity contribution in [1.82, 2.24) is 9.80 Å². The Hall–Kier alpha value is -0.890. The summed E-state index contributed by atoms with van der Waals surface area (Å²) in [6.07, 6.45) is -5.74. The fourth-order valence-electron chi connectivity index (χ4n) is 6.74. The van der Waals surface area contributed by atoms with E-state index in [0.717, 1.165) is 0 Å². The van der Waals surface area contributed by atoms with Crippen molar-refractivity contribution in [1.29, 1.82) is 0 Å². The van der Waals surface area contributed by atoms with Gasteiger partial charge in [-0.15, -0.1) is 0 Å². The standard InChI is InChI=1S/C30H58N2O9/c1-12-22-30(8,38)25(35)20(6)32(11)15-16(2)14-29(7,37)26(18(4)23(33)19(5)27(36)40-22)41-28-24(34)21(31(9)10)13-17(3)39-28/h16-26,28,33-35,37-38H,12-15H2,1-11H3/t16-,17-,18+,19-,20-,21+,22?,23-,24-,25-,26-,28+,29-,30-/m1/s1. The Bertz CT molecular complexity index is 841. The third-order valence-electron chi connectivity index (χ3n) is 9.46. The van der Waals surface area contributed by atoms with Gasteiger partial charge in [0.05, 0.1) is 29.8 Å². The number of aliphatic hydroxyl groups is 5. The summed E-state index contributed by atoms with van der Waals surface area (Å²) >= 11 is 0. The highest BCUT2D eigenvalue weighted by Gasteiger charge is 2.49. The number of carbonyl (C=O) groups excluding carboxylic acids is 1. The predicted molar refractivity (Wildman–Crippen MR) is 155 cm³/mol. The fourth-order valence-corrected chi connectivity index (χ4v) is 6.74. The largest absolute Gasteiger partial charge is 0.459 e. The van der Waals surface area contributed by atoms with Crippen LogP contribution in [0.5, 0.6) is 0 Å². The Labute approximate surface area is 246 Å². The minimum absolute atomic E-state index is 0.0990. The molecule has 5 N–H and O–H groups in total. The number of aliphatic hydroxyl groups excluding tert-OH is 3. The number of likely N-dealkylation sites (N-methyl/N-ethyl adjacent to an activating group) is 2. The van der Waals surface area contributed by atoms with Gasteiger partial charge in [0.2, 0.25) is 0 Å². The van der Waals surface area contributed by atoms with Gasteiger partial charge in [-0.2, -0.15) is 0 Å². The molecule has 2 heterocycles. The molecule has 0 aliphatic carbocycles. The van der Waals surface area contributed by atoms with Gasteiger partial charge in [0, 0.05) is 24.5 Å². The Morgan fingerprint density at radius 1 is 1.05 bits per heavy atom. The van der Waals surface area contributed by atoms with Crippen LogP contribution in [0.1, 0.15) is 74.7 Å². The molecular formula is C30H58N2O9. The molecule has 0 aromatic heterocycles. The highest BCUT2D eigenvalue weighted by atomic mass is 16.7. The van der Waals surface area contributed by atoms with E-state index in [-0.39, 0.29) is 30.9 Å². The van der Waals surface area contributed by atoms with Crippen LogP contribution in [-0.4, -0.2) is 135 Å². The lowest BCUT2D eigenvalue weighted by atomic mass is 9.78. The zero-order valence-electron chi connectivity index (χ0n) is 27.0. The molecule has 242 valence electrons. The van der Waals surface area contributed by atoms with Crippen LogP contribution in [0.15, 0.2) is 0 Å². The molecule has 41 heavy (non-hydrogen) atoms. The van der Waals surface area contributed by atoms with Crippen LogP contribution < -0.4 is 0 Å². The number of esters is 1. The first-order valence-corrected chi connectivity index (χ1v) is 15.1. The van der Waals surface area contributed by atoms with E-state index in [9.17, 15) is 30.3 Å². The van der Waals surface area contributed by atoms with E-state index in [1.54, 1.807) is 27.7 Å². The van der Waals surface area contributed by atoms with Gasteiger partial charge in [-0.1, -0.05) is 20.8 Å². The molecule has 0 spiro atoms. The van der Waals surface area contributed by atoms with Crippen LogP contribution in [0.2, 0.25) is 0 Å². The Morgan fingerprint density at radius 2 is 1.63 bits per heavy atom. The van der Waals surface area contributed by atoms with E-state index in [1.807, 2.05) is 44.8 Å². The van der Waals surface area contributed by atoms with Crippen molar-refractivity contribution in [3.63, 3.8) is 0 Å². The van der Waals surface area contributed by atoms with Crippen LogP contribution >= 0.6 is 0 Å². The van der Waals surface area contributed by atoms with Crippen molar-refractivity contribution >= 4 is 5.97 Å².